The number of aromatic nitrogens is 1. The zero-order chi connectivity index (χ0) is 12.3. The van der Waals surface area contributed by atoms with Crippen LogP contribution in [0.15, 0.2) is 41.5 Å². The average molecular weight is 267 g/mol. The van der Waals surface area contributed by atoms with Crippen molar-refractivity contribution < 1.29 is 5.11 Å². The number of phenolic OH excluding ortho intramolecular Hbond substituents is 1. The van der Waals surface area contributed by atoms with E-state index in [0.717, 1.165) is 0 Å². The molecule has 17 heavy (non-hydrogen) atoms. The van der Waals surface area contributed by atoms with E-state index in [1.54, 1.807) is 30.3 Å². The van der Waals surface area contributed by atoms with Gasteiger partial charge in [-0.3, -0.25) is 0 Å². The lowest BCUT2D eigenvalue weighted by atomic mass is 10.2. The standard InChI is InChI=1S/C12H8Cl2N2O/c13-9-5-10(14)12(16-7-9)15-6-8-3-1-2-4-11(8)17/h1-7,17H. The Labute approximate surface area is 108 Å². The van der Waals surface area contributed by atoms with Crippen molar-refractivity contribution in [3.05, 3.63) is 52.1 Å². The van der Waals surface area contributed by atoms with E-state index in [4.69, 9.17) is 23.2 Å². The molecule has 0 aliphatic rings. The van der Waals surface area contributed by atoms with Gasteiger partial charge in [-0.05, 0) is 18.2 Å². The highest BCUT2D eigenvalue weighted by molar-refractivity contribution is 6.35. The number of halogens is 2. The second-order valence-corrected chi connectivity index (χ2v) is 4.12. The van der Waals surface area contributed by atoms with Gasteiger partial charge in [0, 0.05) is 18.0 Å². The zero-order valence-electron chi connectivity index (χ0n) is 8.64. The largest absolute Gasteiger partial charge is 0.507 e. The number of benzene rings is 1. The van der Waals surface area contributed by atoms with Crippen LogP contribution in [0.3, 0.4) is 0 Å². The fourth-order valence-corrected chi connectivity index (χ4v) is 1.66. The minimum Gasteiger partial charge on any atom is -0.507 e. The van der Waals surface area contributed by atoms with E-state index >= 15 is 0 Å². The van der Waals surface area contributed by atoms with E-state index in [-0.39, 0.29) is 5.75 Å². The lowest BCUT2D eigenvalue weighted by molar-refractivity contribution is 0.474. The number of aliphatic imine (C=N–C) groups is 1. The van der Waals surface area contributed by atoms with Crippen LogP contribution < -0.4 is 0 Å². The monoisotopic (exact) mass is 266 g/mol. The van der Waals surface area contributed by atoms with E-state index < -0.39 is 0 Å². The lowest BCUT2D eigenvalue weighted by Crippen LogP contribution is -1.82. The minimum atomic E-state index is 0.154. The lowest BCUT2D eigenvalue weighted by Gasteiger charge is -1.99. The first-order valence-corrected chi connectivity index (χ1v) is 5.55. The third-order valence-electron chi connectivity index (χ3n) is 2.05. The summed E-state index contributed by atoms with van der Waals surface area (Å²) in [6, 6.07) is 8.42. The van der Waals surface area contributed by atoms with Gasteiger partial charge in [0.05, 0.1) is 10.0 Å². The fourth-order valence-electron chi connectivity index (χ4n) is 1.23. The van der Waals surface area contributed by atoms with E-state index in [1.807, 2.05) is 0 Å². The highest BCUT2D eigenvalue weighted by Gasteiger charge is 2.01. The third kappa shape index (κ3) is 2.96. The fraction of sp³-hybridized carbons (Fsp3) is 0. The molecule has 2 rings (SSSR count). The maximum absolute atomic E-state index is 9.54. The second kappa shape index (κ2) is 5.17. The molecule has 0 bridgehead atoms. The van der Waals surface area contributed by atoms with Gasteiger partial charge in [-0.2, -0.15) is 0 Å². The van der Waals surface area contributed by atoms with Crippen LogP contribution in [0.4, 0.5) is 5.82 Å². The molecule has 0 saturated carbocycles. The summed E-state index contributed by atoms with van der Waals surface area (Å²) in [6.07, 6.45) is 2.96. The molecule has 0 radical (unpaired) electrons. The molecule has 86 valence electrons. The summed E-state index contributed by atoms with van der Waals surface area (Å²) in [4.78, 5) is 8.07. The summed E-state index contributed by atoms with van der Waals surface area (Å²) in [7, 11) is 0. The molecule has 0 saturated heterocycles. The molecule has 0 fully saturated rings. The van der Waals surface area contributed by atoms with Gasteiger partial charge < -0.3 is 5.11 Å². The SMILES string of the molecule is Oc1ccccc1C=Nc1ncc(Cl)cc1Cl. The molecule has 0 atom stereocenters. The van der Waals surface area contributed by atoms with Crippen LogP contribution >= 0.6 is 23.2 Å². The van der Waals surface area contributed by atoms with Crippen LogP contribution in [-0.2, 0) is 0 Å². The summed E-state index contributed by atoms with van der Waals surface area (Å²) in [5.74, 6) is 0.514. The summed E-state index contributed by atoms with van der Waals surface area (Å²) in [5.41, 5.74) is 0.598. The van der Waals surface area contributed by atoms with Crippen LogP contribution in [0, 0.1) is 0 Å². The highest BCUT2D eigenvalue weighted by Crippen LogP contribution is 2.25. The number of hydrogen-bond donors (Lipinski definition) is 1. The first-order valence-electron chi connectivity index (χ1n) is 4.80. The Morgan fingerprint density at radius 2 is 2.00 bits per heavy atom. The van der Waals surface area contributed by atoms with Crippen molar-refractivity contribution in [3.63, 3.8) is 0 Å². The zero-order valence-corrected chi connectivity index (χ0v) is 10.2. The smallest absolute Gasteiger partial charge is 0.170 e. The molecule has 1 aromatic heterocycles. The Morgan fingerprint density at radius 3 is 2.71 bits per heavy atom. The van der Waals surface area contributed by atoms with Crippen molar-refractivity contribution in [2.45, 2.75) is 0 Å². The van der Waals surface area contributed by atoms with Crippen molar-refractivity contribution in [1.82, 2.24) is 4.98 Å². The predicted molar refractivity (Wildman–Crippen MR) is 69.6 cm³/mol. The van der Waals surface area contributed by atoms with Gasteiger partial charge in [0.2, 0.25) is 0 Å². The third-order valence-corrected chi connectivity index (χ3v) is 2.54. The van der Waals surface area contributed by atoms with Crippen LogP contribution in [0.25, 0.3) is 0 Å². The molecule has 0 aliphatic carbocycles. The highest BCUT2D eigenvalue weighted by atomic mass is 35.5. The molecule has 0 spiro atoms. The van der Waals surface area contributed by atoms with Crippen molar-refractivity contribution >= 4 is 35.2 Å². The van der Waals surface area contributed by atoms with Gasteiger partial charge in [0.25, 0.3) is 0 Å². The van der Waals surface area contributed by atoms with Crippen molar-refractivity contribution in [1.29, 1.82) is 0 Å². The van der Waals surface area contributed by atoms with Crippen LogP contribution in [0.1, 0.15) is 5.56 Å². The van der Waals surface area contributed by atoms with Crippen LogP contribution in [0.5, 0.6) is 5.75 Å². The Bertz CT molecular complexity index is 570. The van der Waals surface area contributed by atoms with E-state index in [9.17, 15) is 5.11 Å². The number of pyridine rings is 1. The van der Waals surface area contributed by atoms with Gasteiger partial charge in [-0.1, -0.05) is 35.3 Å². The number of rotatable bonds is 2. The van der Waals surface area contributed by atoms with Crippen LogP contribution in [0.2, 0.25) is 10.0 Å². The summed E-state index contributed by atoms with van der Waals surface area (Å²) < 4.78 is 0. The number of nitrogens with zero attached hydrogens (tertiary/aromatic N) is 2. The van der Waals surface area contributed by atoms with E-state index in [1.165, 1.54) is 12.4 Å². The summed E-state index contributed by atoms with van der Waals surface area (Å²) in [5, 5.41) is 10.4. The van der Waals surface area contributed by atoms with Crippen LogP contribution in [-0.4, -0.2) is 16.3 Å². The molecule has 0 unspecified atom stereocenters. The summed E-state index contributed by atoms with van der Waals surface area (Å²) in [6.45, 7) is 0. The molecule has 1 heterocycles. The van der Waals surface area contributed by atoms with Gasteiger partial charge >= 0.3 is 0 Å². The number of aromatic hydroxyl groups is 1. The van der Waals surface area contributed by atoms with Crippen molar-refractivity contribution in [2.75, 3.05) is 0 Å². The Morgan fingerprint density at radius 1 is 1.24 bits per heavy atom. The Balaban J connectivity index is 2.29. The molecule has 1 aromatic carbocycles. The molecule has 5 heteroatoms. The molecule has 1 N–H and O–H groups in total. The Kier molecular flexibility index (Phi) is 3.61. The molecular weight excluding hydrogens is 259 g/mol. The number of para-hydroxylation sites is 1. The van der Waals surface area contributed by atoms with E-state index in [2.05, 4.69) is 9.98 Å². The Hall–Kier alpha value is -1.58. The molecule has 3 nitrogen and oxygen atoms in total. The predicted octanol–water partition coefficient (Wildman–Crippen LogP) is 3.84. The van der Waals surface area contributed by atoms with Gasteiger partial charge in [-0.15, -0.1) is 0 Å². The minimum absolute atomic E-state index is 0.154. The summed E-state index contributed by atoms with van der Waals surface area (Å²) >= 11 is 11.6. The molecular formula is C12H8Cl2N2O. The molecule has 0 aliphatic heterocycles. The van der Waals surface area contributed by atoms with Gasteiger partial charge in [-0.25, -0.2) is 9.98 Å². The quantitative estimate of drug-likeness (QED) is 0.840. The van der Waals surface area contributed by atoms with Crippen molar-refractivity contribution in [2.24, 2.45) is 4.99 Å². The first-order chi connectivity index (χ1) is 8.16. The van der Waals surface area contributed by atoms with E-state index in [0.29, 0.717) is 21.4 Å². The number of phenols is 1. The van der Waals surface area contributed by atoms with Gasteiger partial charge in [0.15, 0.2) is 5.82 Å². The molecule has 0 amide bonds. The average Bonchev–Trinajstić information content (AvgIpc) is 2.30. The second-order valence-electron chi connectivity index (χ2n) is 3.28. The maximum atomic E-state index is 9.54. The van der Waals surface area contributed by atoms with Crippen molar-refractivity contribution in [3.8, 4) is 5.75 Å². The first kappa shape index (κ1) is 11.9. The maximum Gasteiger partial charge on any atom is 0.170 e. The molecule has 2 aromatic rings. The topological polar surface area (TPSA) is 45.5 Å². The van der Waals surface area contributed by atoms with Gasteiger partial charge in [0.1, 0.15) is 5.75 Å². The number of hydrogen-bond acceptors (Lipinski definition) is 3. The normalized spacial score (nSPS) is 10.9.